The van der Waals surface area contributed by atoms with Crippen LogP contribution < -0.4 is 5.32 Å². The third kappa shape index (κ3) is 5.29. The van der Waals surface area contributed by atoms with Crippen LogP contribution in [0.25, 0.3) is 0 Å². The van der Waals surface area contributed by atoms with E-state index in [2.05, 4.69) is 5.32 Å². The summed E-state index contributed by atoms with van der Waals surface area (Å²) in [7, 11) is -2.12. The van der Waals surface area contributed by atoms with Gasteiger partial charge in [-0.2, -0.15) is 13.2 Å². The van der Waals surface area contributed by atoms with Crippen LogP contribution in [0.15, 0.2) is 40.6 Å². The zero-order chi connectivity index (χ0) is 19.4. The molecule has 1 N–H and O–H groups in total. The number of rotatable bonds is 7. The summed E-state index contributed by atoms with van der Waals surface area (Å²) in [5.41, 5.74) is -0.271. The molecule has 2 aromatic rings. The van der Waals surface area contributed by atoms with E-state index in [-0.39, 0.29) is 28.0 Å². The topological polar surface area (TPSA) is 72.5 Å². The molecule has 142 valence electrons. The number of carbonyl (C=O) groups is 1. The number of hydrogen-bond acceptors (Lipinski definition) is 5. The van der Waals surface area contributed by atoms with Crippen LogP contribution in [-0.4, -0.2) is 33.8 Å². The zero-order valence-corrected chi connectivity index (χ0v) is 15.3. The fourth-order valence-corrected chi connectivity index (χ4v) is 4.53. The lowest BCUT2D eigenvalue weighted by Gasteiger charge is -2.08. The molecule has 0 bridgehead atoms. The van der Waals surface area contributed by atoms with E-state index in [1.54, 1.807) is 0 Å². The standard InChI is InChI=1S/C16H16F3NO4S2/c1-24-8-9-26(22,23)14-7-6-13(25-14)15(21)20-10-11-2-4-12(5-3-11)16(17,18)19/h2-7H,8-10H2,1H3,(H,20,21). The van der Waals surface area contributed by atoms with Crippen molar-refractivity contribution in [2.24, 2.45) is 0 Å². The summed E-state index contributed by atoms with van der Waals surface area (Å²) < 4.78 is 66.4. The molecule has 0 aliphatic carbocycles. The number of benzene rings is 1. The fraction of sp³-hybridized carbons (Fsp3) is 0.312. The van der Waals surface area contributed by atoms with E-state index in [1.807, 2.05) is 0 Å². The number of hydrogen-bond donors (Lipinski definition) is 1. The van der Waals surface area contributed by atoms with Crippen molar-refractivity contribution < 1.29 is 31.1 Å². The van der Waals surface area contributed by atoms with E-state index >= 15 is 0 Å². The molecule has 0 aliphatic rings. The Balaban J connectivity index is 1.98. The second kappa shape index (κ2) is 8.19. The lowest BCUT2D eigenvalue weighted by Crippen LogP contribution is -2.21. The highest BCUT2D eigenvalue weighted by atomic mass is 32.2. The molecule has 0 saturated heterocycles. The number of amides is 1. The Morgan fingerprint density at radius 1 is 1.15 bits per heavy atom. The Morgan fingerprint density at radius 3 is 2.38 bits per heavy atom. The fourth-order valence-electron chi connectivity index (χ4n) is 1.98. The number of halogens is 3. The van der Waals surface area contributed by atoms with Crippen molar-refractivity contribution in [2.45, 2.75) is 16.9 Å². The predicted octanol–water partition coefficient (Wildman–Crippen LogP) is 3.12. The van der Waals surface area contributed by atoms with E-state index in [0.717, 1.165) is 23.5 Å². The Kier molecular flexibility index (Phi) is 6.43. The number of ether oxygens (including phenoxy) is 1. The lowest BCUT2D eigenvalue weighted by atomic mass is 10.1. The minimum absolute atomic E-state index is 0.0284. The van der Waals surface area contributed by atoms with Gasteiger partial charge in [0.15, 0.2) is 9.84 Å². The summed E-state index contributed by atoms with van der Waals surface area (Å²) >= 11 is 0.835. The smallest absolute Gasteiger partial charge is 0.384 e. The lowest BCUT2D eigenvalue weighted by molar-refractivity contribution is -0.137. The highest BCUT2D eigenvalue weighted by Crippen LogP contribution is 2.29. The second-order valence-electron chi connectivity index (χ2n) is 5.31. The monoisotopic (exact) mass is 407 g/mol. The molecule has 1 heterocycles. The molecule has 0 radical (unpaired) electrons. The van der Waals surface area contributed by atoms with Crippen LogP contribution in [0.3, 0.4) is 0 Å². The Labute approximate surface area is 152 Å². The van der Waals surface area contributed by atoms with E-state index in [4.69, 9.17) is 4.74 Å². The Hall–Kier alpha value is -1.91. The molecule has 10 heteroatoms. The van der Waals surface area contributed by atoms with Crippen molar-refractivity contribution in [2.75, 3.05) is 19.5 Å². The van der Waals surface area contributed by atoms with Crippen molar-refractivity contribution in [1.29, 1.82) is 0 Å². The first-order chi connectivity index (χ1) is 12.1. The van der Waals surface area contributed by atoms with Gasteiger partial charge in [-0.25, -0.2) is 8.42 Å². The third-order valence-electron chi connectivity index (χ3n) is 3.40. The molecule has 26 heavy (non-hydrogen) atoms. The quantitative estimate of drug-likeness (QED) is 0.766. The molecule has 0 atom stereocenters. The van der Waals surface area contributed by atoms with Crippen molar-refractivity contribution >= 4 is 27.1 Å². The first-order valence-electron chi connectivity index (χ1n) is 7.39. The SMILES string of the molecule is COCCS(=O)(=O)c1ccc(C(=O)NCc2ccc(C(F)(F)F)cc2)s1. The largest absolute Gasteiger partial charge is 0.416 e. The molecule has 1 amide bonds. The highest BCUT2D eigenvalue weighted by Gasteiger charge is 2.29. The van der Waals surface area contributed by atoms with Gasteiger partial charge in [0.25, 0.3) is 5.91 Å². The van der Waals surface area contributed by atoms with Gasteiger partial charge in [0.05, 0.1) is 22.8 Å². The van der Waals surface area contributed by atoms with Crippen molar-refractivity contribution in [3.05, 3.63) is 52.4 Å². The molecule has 1 aromatic heterocycles. The van der Waals surface area contributed by atoms with Gasteiger partial charge in [0.2, 0.25) is 0 Å². The van der Waals surface area contributed by atoms with Gasteiger partial charge in [-0.3, -0.25) is 4.79 Å². The predicted molar refractivity (Wildman–Crippen MR) is 90.9 cm³/mol. The van der Waals surface area contributed by atoms with E-state index in [1.165, 1.54) is 31.4 Å². The Morgan fingerprint density at radius 2 is 1.81 bits per heavy atom. The molecular weight excluding hydrogens is 391 g/mol. The van der Waals surface area contributed by atoms with Crippen molar-refractivity contribution in [3.8, 4) is 0 Å². The first-order valence-corrected chi connectivity index (χ1v) is 9.86. The number of nitrogens with one attached hydrogen (secondary N) is 1. The molecule has 0 fully saturated rings. The third-order valence-corrected chi connectivity index (χ3v) is 6.75. The van der Waals surface area contributed by atoms with Gasteiger partial charge in [-0.15, -0.1) is 11.3 Å². The normalized spacial score (nSPS) is 12.2. The zero-order valence-electron chi connectivity index (χ0n) is 13.7. The average molecular weight is 407 g/mol. The summed E-state index contributed by atoms with van der Waals surface area (Å²) in [6.07, 6.45) is -4.41. The summed E-state index contributed by atoms with van der Waals surface area (Å²) in [4.78, 5) is 12.3. The number of carbonyl (C=O) groups excluding carboxylic acids is 1. The van der Waals surface area contributed by atoms with Crippen molar-refractivity contribution in [3.63, 3.8) is 0 Å². The van der Waals surface area contributed by atoms with E-state index in [0.29, 0.717) is 5.56 Å². The minimum atomic E-state index is -4.41. The maximum atomic E-state index is 12.5. The van der Waals surface area contributed by atoms with Gasteiger partial charge in [0.1, 0.15) is 4.21 Å². The minimum Gasteiger partial charge on any atom is -0.384 e. The molecule has 5 nitrogen and oxygen atoms in total. The molecule has 0 unspecified atom stereocenters. The summed E-state index contributed by atoms with van der Waals surface area (Å²) in [6, 6.07) is 7.17. The maximum absolute atomic E-state index is 12.5. The van der Waals surface area contributed by atoms with Gasteiger partial charge in [-0.05, 0) is 29.8 Å². The van der Waals surface area contributed by atoms with Crippen molar-refractivity contribution in [1.82, 2.24) is 5.32 Å². The van der Waals surface area contributed by atoms with Crippen LogP contribution in [0.2, 0.25) is 0 Å². The number of thiophene rings is 1. The Bertz CT molecular complexity index is 858. The molecule has 0 spiro atoms. The van der Waals surface area contributed by atoms with Crippen LogP contribution >= 0.6 is 11.3 Å². The summed E-state index contributed by atoms with van der Waals surface area (Å²) in [5.74, 6) is -0.681. The molecule has 0 aliphatic heterocycles. The van der Waals surface area contributed by atoms with E-state index in [9.17, 15) is 26.4 Å². The summed E-state index contributed by atoms with van der Waals surface area (Å²) in [5, 5.41) is 2.55. The molecule has 0 saturated carbocycles. The van der Waals surface area contributed by atoms with Crippen LogP contribution in [-0.2, 0) is 27.3 Å². The van der Waals surface area contributed by atoms with E-state index < -0.39 is 27.5 Å². The van der Waals surface area contributed by atoms with Crippen LogP contribution in [0.1, 0.15) is 20.8 Å². The van der Waals surface area contributed by atoms with Crippen LogP contribution in [0, 0.1) is 0 Å². The average Bonchev–Trinajstić information content (AvgIpc) is 3.08. The van der Waals surface area contributed by atoms with Gasteiger partial charge >= 0.3 is 6.18 Å². The maximum Gasteiger partial charge on any atom is 0.416 e. The first kappa shape index (κ1) is 20.4. The van der Waals surface area contributed by atoms with Crippen LogP contribution in [0.4, 0.5) is 13.2 Å². The molecule has 2 rings (SSSR count). The number of sulfone groups is 1. The molecule has 1 aromatic carbocycles. The highest BCUT2D eigenvalue weighted by molar-refractivity contribution is 7.93. The van der Waals surface area contributed by atoms with Crippen LogP contribution in [0.5, 0.6) is 0 Å². The number of alkyl halides is 3. The second-order valence-corrected chi connectivity index (χ2v) is 8.73. The van der Waals surface area contributed by atoms with Gasteiger partial charge in [0, 0.05) is 13.7 Å². The number of methoxy groups -OCH3 is 1. The molecular formula is C16H16F3NO4S2. The summed E-state index contributed by atoms with van der Waals surface area (Å²) in [6.45, 7) is 0.0797. The van der Waals surface area contributed by atoms with Gasteiger partial charge < -0.3 is 10.1 Å². The van der Waals surface area contributed by atoms with Gasteiger partial charge in [-0.1, -0.05) is 12.1 Å².